The molecule has 1 rings (SSSR count). The smallest absolute Gasteiger partial charge is 0.407 e. The van der Waals surface area contributed by atoms with Crippen LogP contribution in [0.4, 0.5) is 4.79 Å². The van der Waals surface area contributed by atoms with E-state index in [9.17, 15) is 4.79 Å². The first-order chi connectivity index (χ1) is 12.4. The number of nitrogens with one attached hydrogen (secondary N) is 3. The molecule has 1 aliphatic heterocycles. The number of carbonyl (C=O) groups is 1. The van der Waals surface area contributed by atoms with Gasteiger partial charge in [-0.15, -0.1) is 24.0 Å². The molecule has 7 nitrogen and oxygen atoms in total. The summed E-state index contributed by atoms with van der Waals surface area (Å²) in [5.74, 6) is 0.812. The van der Waals surface area contributed by atoms with Crippen LogP contribution in [0, 0.1) is 0 Å². The third-order valence-electron chi connectivity index (χ3n) is 4.45. The summed E-state index contributed by atoms with van der Waals surface area (Å²) >= 11 is 0. The second-order valence-electron chi connectivity index (χ2n) is 7.80. The Bertz CT molecular complexity index is 440. The second kappa shape index (κ2) is 14.3. The highest BCUT2D eigenvalue weighted by Gasteiger charge is 2.20. The number of carbonyl (C=O) groups excluding carboxylic acids is 1. The fourth-order valence-electron chi connectivity index (χ4n) is 3.16. The number of amides is 1. The minimum atomic E-state index is -0.459. The van der Waals surface area contributed by atoms with Gasteiger partial charge in [0.2, 0.25) is 0 Å². The van der Waals surface area contributed by atoms with Crippen LogP contribution >= 0.6 is 24.0 Å². The summed E-state index contributed by atoms with van der Waals surface area (Å²) in [6.45, 7) is 12.3. The van der Waals surface area contributed by atoms with Crippen molar-refractivity contribution in [2.24, 2.45) is 4.99 Å². The minimum Gasteiger partial charge on any atom is -0.444 e. The van der Waals surface area contributed by atoms with E-state index in [-0.39, 0.29) is 30.1 Å². The molecule has 3 N–H and O–H groups in total. The van der Waals surface area contributed by atoms with Gasteiger partial charge in [-0.3, -0.25) is 9.89 Å². The fraction of sp³-hybridized carbons (Fsp3) is 0.895. The predicted molar refractivity (Wildman–Crippen MR) is 123 cm³/mol. The molecule has 1 unspecified atom stereocenters. The molecular formula is C19H40IN5O2. The van der Waals surface area contributed by atoms with Gasteiger partial charge in [0.25, 0.3) is 0 Å². The summed E-state index contributed by atoms with van der Waals surface area (Å²) in [5, 5.41) is 9.42. The number of aliphatic imine (C=N–C) groups is 1. The highest BCUT2D eigenvalue weighted by Crippen LogP contribution is 2.18. The number of hydrogen-bond acceptors (Lipinski definition) is 4. The summed E-state index contributed by atoms with van der Waals surface area (Å²) in [6, 6.07) is 0.736. The van der Waals surface area contributed by atoms with Crippen molar-refractivity contribution < 1.29 is 9.53 Å². The third kappa shape index (κ3) is 12.3. The number of guanidine groups is 1. The largest absolute Gasteiger partial charge is 0.444 e. The molecule has 160 valence electrons. The van der Waals surface area contributed by atoms with Crippen LogP contribution in [-0.2, 0) is 4.74 Å². The van der Waals surface area contributed by atoms with Crippen molar-refractivity contribution in [3.8, 4) is 0 Å². The van der Waals surface area contributed by atoms with E-state index in [1.165, 1.54) is 32.2 Å². The molecule has 0 aromatic heterocycles. The molecule has 1 heterocycles. The van der Waals surface area contributed by atoms with Crippen LogP contribution in [0.15, 0.2) is 4.99 Å². The Hall–Kier alpha value is -0.770. The van der Waals surface area contributed by atoms with Gasteiger partial charge in [0.05, 0.1) is 0 Å². The van der Waals surface area contributed by atoms with Crippen LogP contribution in [0.2, 0.25) is 0 Å². The molecule has 0 spiro atoms. The number of rotatable bonds is 8. The van der Waals surface area contributed by atoms with Crippen molar-refractivity contribution in [3.05, 3.63) is 0 Å². The van der Waals surface area contributed by atoms with Gasteiger partial charge in [-0.05, 0) is 53.0 Å². The average Bonchev–Trinajstić information content (AvgIpc) is 2.58. The predicted octanol–water partition coefficient (Wildman–Crippen LogP) is 2.95. The number of halogens is 1. The Kier molecular flexibility index (Phi) is 13.9. The molecule has 0 saturated carbocycles. The standard InChI is InChI=1S/C19H39N5O2.HI/c1-6-16-10-7-8-14-24(16)15-13-22-17(20-5)21-11-9-12-23-18(25)26-19(2,3)4;/h16H,6-15H2,1-5H3,(H,23,25)(H2,20,21,22);1H. The summed E-state index contributed by atoms with van der Waals surface area (Å²) in [5.41, 5.74) is -0.459. The molecule has 1 saturated heterocycles. The minimum absolute atomic E-state index is 0. The van der Waals surface area contributed by atoms with Crippen LogP contribution in [0.5, 0.6) is 0 Å². The first-order valence-electron chi connectivity index (χ1n) is 10.0. The number of hydrogen-bond donors (Lipinski definition) is 3. The maximum Gasteiger partial charge on any atom is 0.407 e. The topological polar surface area (TPSA) is 78.0 Å². The maximum atomic E-state index is 11.6. The van der Waals surface area contributed by atoms with Gasteiger partial charge in [0.15, 0.2) is 5.96 Å². The van der Waals surface area contributed by atoms with Crippen LogP contribution in [0.25, 0.3) is 0 Å². The molecule has 0 aromatic carbocycles. The number of ether oxygens (including phenoxy) is 1. The third-order valence-corrected chi connectivity index (χ3v) is 4.45. The van der Waals surface area contributed by atoms with E-state index in [1.54, 1.807) is 7.05 Å². The van der Waals surface area contributed by atoms with E-state index in [4.69, 9.17) is 4.74 Å². The van der Waals surface area contributed by atoms with Gasteiger partial charge in [0.1, 0.15) is 5.60 Å². The molecular weight excluding hydrogens is 457 g/mol. The van der Waals surface area contributed by atoms with Gasteiger partial charge < -0.3 is 20.7 Å². The Balaban J connectivity index is 0.00000676. The lowest BCUT2D eigenvalue weighted by Gasteiger charge is -2.35. The zero-order valence-electron chi connectivity index (χ0n) is 17.8. The molecule has 0 aromatic rings. The summed E-state index contributed by atoms with van der Waals surface area (Å²) in [6.07, 6.45) is 5.68. The van der Waals surface area contributed by atoms with E-state index >= 15 is 0 Å². The maximum absolute atomic E-state index is 11.6. The van der Waals surface area contributed by atoms with E-state index in [2.05, 4.69) is 32.8 Å². The molecule has 1 amide bonds. The van der Waals surface area contributed by atoms with E-state index in [1.807, 2.05) is 20.8 Å². The Labute approximate surface area is 182 Å². The van der Waals surface area contributed by atoms with Gasteiger partial charge in [-0.2, -0.15) is 0 Å². The molecule has 1 fully saturated rings. The first-order valence-corrected chi connectivity index (χ1v) is 10.0. The molecule has 1 aliphatic rings. The van der Waals surface area contributed by atoms with E-state index in [0.29, 0.717) is 6.54 Å². The van der Waals surface area contributed by atoms with Crippen molar-refractivity contribution in [1.82, 2.24) is 20.9 Å². The summed E-state index contributed by atoms with van der Waals surface area (Å²) < 4.78 is 5.20. The number of alkyl carbamates (subject to hydrolysis) is 1. The lowest BCUT2D eigenvalue weighted by molar-refractivity contribution is 0.0527. The second-order valence-corrected chi connectivity index (χ2v) is 7.80. The lowest BCUT2D eigenvalue weighted by Crippen LogP contribution is -2.46. The highest BCUT2D eigenvalue weighted by molar-refractivity contribution is 14.0. The highest BCUT2D eigenvalue weighted by atomic mass is 127. The Morgan fingerprint density at radius 2 is 1.81 bits per heavy atom. The first kappa shape index (κ1) is 26.2. The summed E-state index contributed by atoms with van der Waals surface area (Å²) in [4.78, 5) is 18.4. The Morgan fingerprint density at radius 3 is 2.44 bits per heavy atom. The molecule has 27 heavy (non-hydrogen) atoms. The number of piperidine rings is 1. The van der Waals surface area contributed by atoms with Crippen molar-refractivity contribution >= 4 is 36.0 Å². The van der Waals surface area contributed by atoms with Crippen LogP contribution in [-0.4, -0.2) is 68.4 Å². The molecule has 0 bridgehead atoms. The van der Waals surface area contributed by atoms with Gasteiger partial charge in [-0.25, -0.2) is 4.79 Å². The normalized spacial score (nSPS) is 18.4. The SMILES string of the molecule is CCC1CCCCN1CCNC(=NC)NCCCNC(=O)OC(C)(C)C.I. The van der Waals surface area contributed by atoms with Gasteiger partial charge >= 0.3 is 6.09 Å². The molecule has 8 heteroatoms. The van der Waals surface area contributed by atoms with Gasteiger partial charge in [-0.1, -0.05) is 13.3 Å². The van der Waals surface area contributed by atoms with Crippen molar-refractivity contribution in [2.45, 2.75) is 71.4 Å². The number of nitrogens with zero attached hydrogens (tertiary/aromatic N) is 2. The molecule has 0 aliphatic carbocycles. The monoisotopic (exact) mass is 497 g/mol. The quantitative estimate of drug-likeness (QED) is 0.208. The Morgan fingerprint density at radius 1 is 1.15 bits per heavy atom. The zero-order chi connectivity index (χ0) is 19.4. The van der Waals surface area contributed by atoms with Crippen LogP contribution in [0.3, 0.4) is 0 Å². The fourth-order valence-corrected chi connectivity index (χ4v) is 3.16. The van der Waals surface area contributed by atoms with E-state index < -0.39 is 5.60 Å². The summed E-state index contributed by atoms with van der Waals surface area (Å²) in [7, 11) is 1.78. The van der Waals surface area contributed by atoms with Crippen LogP contribution in [0.1, 0.15) is 59.8 Å². The van der Waals surface area contributed by atoms with Gasteiger partial charge in [0, 0.05) is 39.3 Å². The molecule has 1 atom stereocenters. The molecule has 0 radical (unpaired) electrons. The van der Waals surface area contributed by atoms with Crippen LogP contribution < -0.4 is 16.0 Å². The zero-order valence-corrected chi connectivity index (χ0v) is 20.1. The van der Waals surface area contributed by atoms with Crippen molar-refractivity contribution in [2.75, 3.05) is 39.8 Å². The van der Waals surface area contributed by atoms with Crippen molar-refractivity contribution in [3.63, 3.8) is 0 Å². The van der Waals surface area contributed by atoms with Crippen molar-refractivity contribution in [1.29, 1.82) is 0 Å². The van der Waals surface area contributed by atoms with E-state index in [0.717, 1.165) is 38.1 Å². The number of likely N-dealkylation sites (tertiary alicyclic amines) is 1. The average molecular weight is 497 g/mol. The lowest BCUT2D eigenvalue weighted by atomic mass is 10.0.